The summed E-state index contributed by atoms with van der Waals surface area (Å²) in [5.74, 6) is -0.196. The smallest absolute Gasteiger partial charge is 0.305 e. The molecule has 0 fully saturated rings. The van der Waals surface area contributed by atoms with Crippen LogP contribution in [0.4, 0.5) is 0 Å². The van der Waals surface area contributed by atoms with Crippen LogP contribution >= 0.6 is 0 Å². The molecule has 1 N–H and O–H groups in total. The van der Waals surface area contributed by atoms with Gasteiger partial charge in [-0.25, -0.2) is 0 Å². The maximum atomic E-state index is 10.6. The van der Waals surface area contributed by atoms with Crippen LogP contribution in [-0.2, 0) is 9.53 Å². The van der Waals surface area contributed by atoms with Crippen molar-refractivity contribution >= 4 is 5.97 Å². The van der Waals surface area contributed by atoms with Crippen molar-refractivity contribution in [3.8, 4) is 0 Å². The van der Waals surface area contributed by atoms with Crippen LogP contribution in [-0.4, -0.2) is 24.3 Å². The summed E-state index contributed by atoms with van der Waals surface area (Å²) >= 11 is 0. The van der Waals surface area contributed by atoms with Gasteiger partial charge in [-0.15, -0.1) is 0 Å². The Labute approximate surface area is 73.7 Å². The van der Waals surface area contributed by atoms with Gasteiger partial charge in [0.1, 0.15) is 0 Å². The van der Waals surface area contributed by atoms with Gasteiger partial charge in [-0.3, -0.25) is 4.79 Å². The molecule has 0 aliphatic carbocycles. The van der Waals surface area contributed by atoms with Gasteiger partial charge in [-0.2, -0.15) is 0 Å². The molecule has 0 spiro atoms. The lowest BCUT2D eigenvalue weighted by atomic mass is 10.1. The van der Waals surface area contributed by atoms with Gasteiger partial charge in [-0.05, 0) is 19.3 Å². The van der Waals surface area contributed by atoms with Gasteiger partial charge in [0.25, 0.3) is 0 Å². The largest absolute Gasteiger partial charge is 0.469 e. The summed E-state index contributed by atoms with van der Waals surface area (Å²) < 4.78 is 4.47. The summed E-state index contributed by atoms with van der Waals surface area (Å²) in [4.78, 5) is 10.6. The fourth-order valence-corrected chi connectivity index (χ4v) is 1.06. The van der Waals surface area contributed by atoms with E-state index in [4.69, 9.17) is 0 Å². The average molecular weight is 174 g/mol. The first kappa shape index (κ1) is 11.4. The minimum Gasteiger partial charge on any atom is -0.469 e. The van der Waals surface area contributed by atoms with E-state index in [2.05, 4.69) is 4.74 Å². The molecule has 0 aromatic carbocycles. The van der Waals surface area contributed by atoms with Gasteiger partial charge in [0.2, 0.25) is 0 Å². The number of methoxy groups -OCH3 is 1. The number of hydrogen-bond acceptors (Lipinski definition) is 3. The summed E-state index contributed by atoms with van der Waals surface area (Å²) in [5, 5.41) is 9.28. The topological polar surface area (TPSA) is 46.5 Å². The van der Waals surface area contributed by atoms with E-state index in [0.717, 1.165) is 12.8 Å². The Bertz CT molecular complexity index is 123. The normalized spacial score (nSPS) is 12.6. The fourth-order valence-electron chi connectivity index (χ4n) is 1.06. The molecule has 0 aliphatic rings. The van der Waals surface area contributed by atoms with E-state index in [0.29, 0.717) is 19.3 Å². The zero-order valence-corrected chi connectivity index (χ0v) is 7.88. The van der Waals surface area contributed by atoms with Crippen molar-refractivity contribution in [2.24, 2.45) is 0 Å². The van der Waals surface area contributed by atoms with Gasteiger partial charge in [0.05, 0.1) is 13.2 Å². The zero-order chi connectivity index (χ0) is 9.40. The predicted molar refractivity (Wildman–Crippen MR) is 46.8 cm³/mol. The Balaban J connectivity index is 3.24. The van der Waals surface area contributed by atoms with Gasteiger partial charge < -0.3 is 9.84 Å². The lowest BCUT2D eigenvalue weighted by Crippen LogP contribution is -2.07. The highest BCUT2D eigenvalue weighted by Crippen LogP contribution is 2.06. The fraction of sp³-hybridized carbons (Fsp3) is 0.889. The molecular formula is C9H18O3. The molecule has 0 aromatic heterocycles. The van der Waals surface area contributed by atoms with Crippen LogP contribution in [0.2, 0.25) is 0 Å². The van der Waals surface area contributed by atoms with Gasteiger partial charge in [0, 0.05) is 6.42 Å². The highest BCUT2D eigenvalue weighted by atomic mass is 16.5. The molecule has 0 radical (unpaired) electrons. The zero-order valence-electron chi connectivity index (χ0n) is 7.88. The number of aliphatic hydroxyl groups excluding tert-OH is 1. The van der Waals surface area contributed by atoms with E-state index in [1.54, 1.807) is 0 Å². The maximum absolute atomic E-state index is 10.6. The molecule has 0 heterocycles. The van der Waals surface area contributed by atoms with Crippen LogP contribution in [0.25, 0.3) is 0 Å². The van der Waals surface area contributed by atoms with Crippen LogP contribution in [0, 0.1) is 0 Å². The quantitative estimate of drug-likeness (QED) is 0.620. The number of hydrogen-bond donors (Lipinski definition) is 1. The van der Waals surface area contributed by atoms with Crippen molar-refractivity contribution in [1.82, 2.24) is 0 Å². The van der Waals surface area contributed by atoms with Crippen LogP contribution in [0.3, 0.4) is 0 Å². The third kappa shape index (κ3) is 6.16. The molecule has 0 bridgehead atoms. The summed E-state index contributed by atoms with van der Waals surface area (Å²) in [6, 6.07) is 0. The number of carbonyl (C=O) groups is 1. The second-order valence-electron chi connectivity index (χ2n) is 2.91. The van der Waals surface area contributed by atoms with E-state index in [-0.39, 0.29) is 12.1 Å². The second-order valence-corrected chi connectivity index (χ2v) is 2.91. The number of aliphatic hydroxyl groups is 1. The molecule has 0 aliphatic heterocycles. The highest BCUT2D eigenvalue weighted by Gasteiger charge is 2.04. The Kier molecular flexibility index (Phi) is 6.76. The molecule has 0 saturated carbocycles. The standard InChI is InChI=1S/C9H18O3/c1-3-5-8(10)6-4-7-9(11)12-2/h8,10H,3-7H2,1-2H3/t8-/m1/s1. The SMILES string of the molecule is CCC[C@@H](O)CCCC(=O)OC. The Morgan fingerprint density at radius 2 is 2.17 bits per heavy atom. The van der Waals surface area contributed by atoms with Crippen molar-refractivity contribution in [3.63, 3.8) is 0 Å². The first-order chi connectivity index (χ1) is 5.70. The van der Waals surface area contributed by atoms with E-state index in [1.807, 2.05) is 6.92 Å². The van der Waals surface area contributed by atoms with E-state index in [9.17, 15) is 9.90 Å². The molecule has 3 heteroatoms. The third-order valence-electron chi connectivity index (χ3n) is 1.77. The van der Waals surface area contributed by atoms with Crippen molar-refractivity contribution in [3.05, 3.63) is 0 Å². The maximum Gasteiger partial charge on any atom is 0.305 e. The first-order valence-electron chi connectivity index (χ1n) is 4.45. The number of carbonyl (C=O) groups excluding carboxylic acids is 1. The number of rotatable bonds is 6. The minimum atomic E-state index is -0.250. The average Bonchev–Trinajstić information content (AvgIpc) is 2.04. The third-order valence-corrected chi connectivity index (χ3v) is 1.77. The van der Waals surface area contributed by atoms with Crippen molar-refractivity contribution in [1.29, 1.82) is 0 Å². The molecule has 0 saturated heterocycles. The molecule has 72 valence electrons. The van der Waals surface area contributed by atoms with E-state index < -0.39 is 0 Å². The van der Waals surface area contributed by atoms with Crippen molar-refractivity contribution in [2.75, 3.05) is 7.11 Å². The van der Waals surface area contributed by atoms with Crippen molar-refractivity contribution in [2.45, 2.75) is 45.1 Å². The minimum absolute atomic E-state index is 0.196. The molecule has 0 rings (SSSR count). The van der Waals surface area contributed by atoms with Crippen LogP contribution in [0.15, 0.2) is 0 Å². The molecule has 12 heavy (non-hydrogen) atoms. The monoisotopic (exact) mass is 174 g/mol. The molecule has 0 amide bonds. The Morgan fingerprint density at radius 1 is 1.50 bits per heavy atom. The summed E-state index contributed by atoms with van der Waals surface area (Å²) in [6.45, 7) is 2.03. The lowest BCUT2D eigenvalue weighted by Gasteiger charge is -2.07. The summed E-state index contributed by atoms with van der Waals surface area (Å²) in [7, 11) is 1.38. The van der Waals surface area contributed by atoms with Crippen molar-refractivity contribution < 1.29 is 14.6 Å². The van der Waals surface area contributed by atoms with Gasteiger partial charge >= 0.3 is 5.97 Å². The van der Waals surface area contributed by atoms with E-state index in [1.165, 1.54) is 7.11 Å². The van der Waals surface area contributed by atoms with E-state index >= 15 is 0 Å². The molecule has 3 nitrogen and oxygen atoms in total. The van der Waals surface area contributed by atoms with Crippen LogP contribution in [0.5, 0.6) is 0 Å². The number of esters is 1. The Hall–Kier alpha value is -0.570. The first-order valence-corrected chi connectivity index (χ1v) is 4.45. The van der Waals surface area contributed by atoms with Crippen LogP contribution in [0.1, 0.15) is 39.0 Å². The highest BCUT2D eigenvalue weighted by molar-refractivity contribution is 5.68. The van der Waals surface area contributed by atoms with Gasteiger partial charge in [0.15, 0.2) is 0 Å². The molecule has 1 atom stereocenters. The second kappa shape index (κ2) is 7.10. The predicted octanol–water partition coefficient (Wildman–Crippen LogP) is 1.49. The molecule has 0 unspecified atom stereocenters. The number of ether oxygens (including phenoxy) is 1. The Morgan fingerprint density at radius 3 is 2.67 bits per heavy atom. The summed E-state index contributed by atoms with van der Waals surface area (Å²) in [5.41, 5.74) is 0. The van der Waals surface area contributed by atoms with Gasteiger partial charge in [-0.1, -0.05) is 13.3 Å². The molecule has 0 aromatic rings. The van der Waals surface area contributed by atoms with Crippen LogP contribution < -0.4 is 0 Å². The summed E-state index contributed by atoms with van der Waals surface area (Å²) in [6.07, 6.45) is 3.38. The molecular weight excluding hydrogens is 156 g/mol. The lowest BCUT2D eigenvalue weighted by molar-refractivity contribution is -0.140.